The maximum Gasteiger partial charge on any atom is 0.224 e. The summed E-state index contributed by atoms with van der Waals surface area (Å²) in [4.78, 5) is 31.3. The van der Waals surface area contributed by atoms with Gasteiger partial charge in [-0.1, -0.05) is 6.92 Å². The highest BCUT2D eigenvalue weighted by molar-refractivity contribution is 7.99. The summed E-state index contributed by atoms with van der Waals surface area (Å²) in [5, 5.41) is 9.71. The first-order chi connectivity index (χ1) is 15.5. The Hall–Kier alpha value is -2.69. The zero-order valence-corrected chi connectivity index (χ0v) is 20.1. The van der Waals surface area contributed by atoms with Crippen molar-refractivity contribution in [3.63, 3.8) is 0 Å². The molecule has 0 aliphatic carbocycles. The van der Waals surface area contributed by atoms with Gasteiger partial charge in [0.1, 0.15) is 11.6 Å². The number of benzene rings is 1. The molecule has 1 aliphatic rings. The molecule has 8 nitrogen and oxygen atoms in total. The van der Waals surface area contributed by atoms with Crippen molar-refractivity contribution in [3.8, 4) is 0 Å². The summed E-state index contributed by atoms with van der Waals surface area (Å²) in [5.41, 5.74) is 1.77. The molecule has 1 amide bonds. The molecule has 32 heavy (non-hydrogen) atoms. The van der Waals surface area contributed by atoms with Crippen molar-refractivity contribution in [1.29, 1.82) is 0 Å². The smallest absolute Gasteiger partial charge is 0.224 e. The van der Waals surface area contributed by atoms with E-state index in [0.29, 0.717) is 11.6 Å². The molecule has 10 heteroatoms. The Morgan fingerprint density at radius 1 is 1.12 bits per heavy atom. The van der Waals surface area contributed by atoms with E-state index in [1.54, 1.807) is 11.3 Å². The first-order valence-corrected chi connectivity index (χ1v) is 12.3. The number of rotatable bonds is 7. The van der Waals surface area contributed by atoms with Gasteiger partial charge >= 0.3 is 0 Å². The lowest BCUT2D eigenvalue weighted by molar-refractivity contribution is -0.115. The third-order valence-electron chi connectivity index (χ3n) is 5.04. The second-order valence-electron chi connectivity index (χ2n) is 7.63. The number of likely N-dealkylation sites (N-methyl/N-ethyl adjacent to an activating group) is 1. The van der Waals surface area contributed by atoms with Gasteiger partial charge in [0.2, 0.25) is 5.91 Å². The van der Waals surface area contributed by atoms with Crippen molar-refractivity contribution in [2.75, 3.05) is 48.8 Å². The molecule has 168 valence electrons. The Kier molecular flexibility index (Phi) is 7.23. The molecular weight excluding hydrogens is 442 g/mol. The lowest BCUT2D eigenvalue weighted by Crippen LogP contribution is -2.44. The Morgan fingerprint density at radius 2 is 1.88 bits per heavy atom. The standard InChI is InChI=1S/C22H27N7OS2/c1-4-20(30)24-16-5-7-17(8-6-16)32-22-26-18(25-21-23-15(2)14-31-21)13-19(27-22)29-11-9-28(3)10-12-29/h5-8,13-14H,4,9-12H2,1-3H3,(H,24,30)(H,23,25,26,27). The topological polar surface area (TPSA) is 86.3 Å². The second-order valence-corrected chi connectivity index (χ2v) is 9.53. The quantitative estimate of drug-likeness (QED) is 0.497. The Bertz CT molecular complexity index is 1060. The third-order valence-corrected chi connectivity index (χ3v) is 6.79. The molecule has 2 N–H and O–H groups in total. The van der Waals surface area contributed by atoms with E-state index in [4.69, 9.17) is 9.97 Å². The third kappa shape index (κ3) is 5.96. The van der Waals surface area contributed by atoms with Crippen LogP contribution in [0.15, 0.2) is 45.8 Å². The van der Waals surface area contributed by atoms with Crippen LogP contribution in [0, 0.1) is 6.92 Å². The number of hydrogen-bond acceptors (Lipinski definition) is 9. The number of piperazine rings is 1. The van der Waals surface area contributed by atoms with E-state index in [1.807, 2.05) is 49.6 Å². The van der Waals surface area contributed by atoms with Crippen LogP contribution in [0.25, 0.3) is 0 Å². The van der Waals surface area contributed by atoms with Crippen molar-refractivity contribution in [2.45, 2.75) is 30.3 Å². The molecule has 1 aliphatic heterocycles. The molecule has 1 saturated heterocycles. The van der Waals surface area contributed by atoms with Crippen LogP contribution < -0.4 is 15.5 Å². The average Bonchev–Trinajstić information content (AvgIpc) is 3.19. The average molecular weight is 470 g/mol. The van der Waals surface area contributed by atoms with Crippen LogP contribution in [0.1, 0.15) is 19.0 Å². The van der Waals surface area contributed by atoms with Gasteiger partial charge in [-0.2, -0.15) is 0 Å². The lowest BCUT2D eigenvalue weighted by atomic mass is 10.3. The van der Waals surface area contributed by atoms with E-state index < -0.39 is 0 Å². The molecule has 0 radical (unpaired) electrons. The molecule has 0 spiro atoms. The predicted octanol–water partition coefficient (Wildman–Crippen LogP) is 4.24. The zero-order chi connectivity index (χ0) is 22.5. The van der Waals surface area contributed by atoms with Crippen molar-refractivity contribution in [3.05, 3.63) is 41.4 Å². The van der Waals surface area contributed by atoms with Crippen LogP contribution in [0.5, 0.6) is 0 Å². The minimum absolute atomic E-state index is 0.00162. The highest BCUT2D eigenvalue weighted by Crippen LogP contribution is 2.30. The van der Waals surface area contributed by atoms with Gasteiger partial charge in [0.15, 0.2) is 10.3 Å². The van der Waals surface area contributed by atoms with E-state index in [9.17, 15) is 4.79 Å². The Labute approximate surface area is 196 Å². The minimum Gasteiger partial charge on any atom is -0.354 e. The number of thiazole rings is 1. The van der Waals surface area contributed by atoms with Gasteiger partial charge in [-0.25, -0.2) is 15.0 Å². The van der Waals surface area contributed by atoms with Gasteiger partial charge in [-0.15, -0.1) is 11.3 Å². The van der Waals surface area contributed by atoms with Gasteiger partial charge in [0.25, 0.3) is 0 Å². The van der Waals surface area contributed by atoms with E-state index >= 15 is 0 Å². The summed E-state index contributed by atoms with van der Waals surface area (Å²) in [6, 6.07) is 9.74. The number of nitrogens with zero attached hydrogens (tertiary/aromatic N) is 5. The van der Waals surface area contributed by atoms with Gasteiger partial charge < -0.3 is 20.4 Å². The van der Waals surface area contributed by atoms with Crippen LogP contribution in [-0.4, -0.2) is 59.0 Å². The van der Waals surface area contributed by atoms with E-state index in [-0.39, 0.29) is 5.91 Å². The van der Waals surface area contributed by atoms with Crippen molar-refractivity contribution < 1.29 is 4.79 Å². The molecule has 2 aromatic heterocycles. The maximum absolute atomic E-state index is 11.6. The van der Waals surface area contributed by atoms with E-state index in [0.717, 1.165) is 59.2 Å². The number of carbonyl (C=O) groups is 1. The first kappa shape index (κ1) is 22.5. The summed E-state index contributed by atoms with van der Waals surface area (Å²) in [5.74, 6) is 1.65. The Morgan fingerprint density at radius 3 is 2.53 bits per heavy atom. The van der Waals surface area contributed by atoms with E-state index in [2.05, 4.69) is 32.5 Å². The first-order valence-electron chi connectivity index (χ1n) is 10.6. The predicted molar refractivity (Wildman–Crippen MR) is 131 cm³/mol. The molecule has 0 saturated carbocycles. The van der Waals surface area contributed by atoms with E-state index in [1.165, 1.54) is 11.8 Å². The summed E-state index contributed by atoms with van der Waals surface area (Å²) in [6.45, 7) is 7.68. The van der Waals surface area contributed by atoms with Gasteiger partial charge in [-0.05, 0) is 50.0 Å². The van der Waals surface area contributed by atoms with Gasteiger partial charge in [-0.3, -0.25) is 4.79 Å². The summed E-state index contributed by atoms with van der Waals surface area (Å²) in [6.07, 6.45) is 0.456. The molecule has 4 rings (SSSR count). The number of nitrogens with one attached hydrogen (secondary N) is 2. The number of aryl methyl sites for hydroxylation is 1. The zero-order valence-electron chi connectivity index (χ0n) is 18.5. The molecule has 3 heterocycles. The van der Waals surface area contributed by atoms with Crippen LogP contribution in [0.3, 0.4) is 0 Å². The minimum atomic E-state index is 0.00162. The molecule has 1 fully saturated rings. The second kappa shape index (κ2) is 10.3. The molecule has 3 aromatic rings. The largest absolute Gasteiger partial charge is 0.354 e. The van der Waals surface area contributed by atoms with Crippen LogP contribution in [0.4, 0.5) is 22.5 Å². The Balaban J connectivity index is 1.56. The number of hydrogen-bond donors (Lipinski definition) is 2. The SMILES string of the molecule is CCC(=O)Nc1ccc(Sc2nc(Nc3nc(C)cs3)cc(N3CCN(C)CC3)n2)cc1. The van der Waals surface area contributed by atoms with Crippen LogP contribution in [0.2, 0.25) is 0 Å². The summed E-state index contributed by atoms with van der Waals surface area (Å²) < 4.78 is 0. The van der Waals surface area contributed by atoms with Crippen LogP contribution >= 0.6 is 23.1 Å². The van der Waals surface area contributed by atoms with Crippen molar-refractivity contribution in [1.82, 2.24) is 19.9 Å². The van der Waals surface area contributed by atoms with Crippen molar-refractivity contribution in [2.24, 2.45) is 0 Å². The molecular formula is C22H27N7OS2. The number of anilines is 4. The molecule has 0 bridgehead atoms. The van der Waals surface area contributed by atoms with Gasteiger partial charge in [0.05, 0.1) is 5.69 Å². The molecule has 0 atom stereocenters. The molecule has 1 aromatic carbocycles. The lowest BCUT2D eigenvalue weighted by Gasteiger charge is -2.33. The number of amides is 1. The fourth-order valence-corrected chi connectivity index (χ4v) is 4.66. The summed E-state index contributed by atoms with van der Waals surface area (Å²) >= 11 is 3.06. The highest BCUT2D eigenvalue weighted by Gasteiger charge is 2.18. The van der Waals surface area contributed by atoms with Gasteiger partial charge in [0, 0.05) is 54.6 Å². The number of aromatic nitrogens is 3. The van der Waals surface area contributed by atoms with Crippen molar-refractivity contribution >= 4 is 51.5 Å². The molecule has 0 unspecified atom stereocenters. The summed E-state index contributed by atoms with van der Waals surface area (Å²) in [7, 11) is 2.14. The monoisotopic (exact) mass is 469 g/mol. The normalized spacial score (nSPS) is 14.4. The number of carbonyl (C=O) groups excluding carboxylic acids is 1. The fourth-order valence-electron chi connectivity index (χ4n) is 3.20. The fraction of sp³-hybridized carbons (Fsp3) is 0.364. The highest BCUT2D eigenvalue weighted by atomic mass is 32.2. The maximum atomic E-state index is 11.6. The van der Waals surface area contributed by atoms with Crippen LogP contribution in [-0.2, 0) is 4.79 Å².